The predicted octanol–water partition coefficient (Wildman–Crippen LogP) is 1.87. The Morgan fingerprint density at radius 3 is 2.74 bits per heavy atom. The molecule has 1 heterocycles. The average molecular weight is 370 g/mol. The molecule has 3 N–H and O–H groups in total. The van der Waals surface area contributed by atoms with Crippen LogP contribution in [0.5, 0.6) is 0 Å². The van der Waals surface area contributed by atoms with Crippen LogP contribution in [0.15, 0.2) is 30.5 Å². The number of benzene rings is 1. The molecule has 2 aromatic rings. The fourth-order valence-electron chi connectivity index (χ4n) is 2.60. The summed E-state index contributed by atoms with van der Waals surface area (Å²) in [6.07, 6.45) is 2.10. The smallest absolute Gasteiger partial charge is 0.357 e. The van der Waals surface area contributed by atoms with E-state index in [1.54, 1.807) is 24.3 Å². The number of hydrogen-bond donors (Lipinski definition) is 2. The van der Waals surface area contributed by atoms with Gasteiger partial charge in [-0.05, 0) is 25.5 Å². The molecule has 0 unspecified atom stereocenters. The molecule has 0 saturated heterocycles. The third kappa shape index (κ3) is 4.46. The van der Waals surface area contributed by atoms with Gasteiger partial charge in [0.1, 0.15) is 6.07 Å². The number of nitrogens with one attached hydrogen (secondary N) is 1. The first-order chi connectivity index (χ1) is 13.0. The lowest BCUT2D eigenvalue weighted by molar-refractivity contribution is 0.0592. The minimum atomic E-state index is -0.694. The first-order valence-corrected chi connectivity index (χ1v) is 8.49. The number of ether oxygens (including phenoxy) is 2. The summed E-state index contributed by atoms with van der Waals surface area (Å²) < 4.78 is 11.4. The van der Waals surface area contributed by atoms with Crippen LogP contribution >= 0.6 is 0 Å². The molecule has 0 aliphatic heterocycles. The molecule has 1 amide bonds. The van der Waals surface area contributed by atoms with E-state index in [2.05, 4.69) is 5.32 Å². The van der Waals surface area contributed by atoms with Crippen molar-refractivity contribution in [2.45, 2.75) is 13.3 Å². The van der Waals surface area contributed by atoms with Crippen molar-refractivity contribution in [1.82, 2.24) is 9.88 Å². The largest absolute Gasteiger partial charge is 0.464 e. The Labute approximate surface area is 157 Å². The van der Waals surface area contributed by atoms with Crippen molar-refractivity contribution in [2.24, 2.45) is 0 Å². The van der Waals surface area contributed by atoms with Crippen LogP contribution in [0.25, 0.3) is 5.69 Å². The van der Waals surface area contributed by atoms with Gasteiger partial charge in [-0.25, -0.2) is 4.79 Å². The fourth-order valence-corrected chi connectivity index (χ4v) is 2.60. The lowest BCUT2D eigenvalue weighted by Crippen LogP contribution is -2.26. The first-order valence-electron chi connectivity index (χ1n) is 8.49. The van der Waals surface area contributed by atoms with Crippen molar-refractivity contribution in [2.75, 3.05) is 32.6 Å². The third-order valence-corrected chi connectivity index (χ3v) is 3.91. The highest BCUT2D eigenvalue weighted by Crippen LogP contribution is 2.26. The fraction of sp³-hybridized carbons (Fsp3) is 0.316. The summed E-state index contributed by atoms with van der Waals surface area (Å²) in [6.45, 7) is 3.55. The summed E-state index contributed by atoms with van der Waals surface area (Å²) in [6, 6.07) is 8.69. The lowest BCUT2D eigenvalue weighted by atomic mass is 10.1. The van der Waals surface area contributed by atoms with E-state index in [0.717, 1.165) is 0 Å². The Hall–Kier alpha value is -3.31. The van der Waals surface area contributed by atoms with Gasteiger partial charge in [0, 0.05) is 26.0 Å². The molecule has 8 heteroatoms. The van der Waals surface area contributed by atoms with Crippen molar-refractivity contribution >= 4 is 17.6 Å². The Bertz CT molecular complexity index is 867. The van der Waals surface area contributed by atoms with Gasteiger partial charge in [0.05, 0.1) is 29.6 Å². The molecule has 0 spiro atoms. The van der Waals surface area contributed by atoms with Crippen molar-refractivity contribution in [3.63, 3.8) is 0 Å². The number of nitrogens with two attached hydrogens (primary N) is 1. The number of amides is 1. The second-order valence-electron chi connectivity index (χ2n) is 5.60. The van der Waals surface area contributed by atoms with E-state index in [4.69, 9.17) is 15.2 Å². The van der Waals surface area contributed by atoms with Gasteiger partial charge in [-0.1, -0.05) is 12.1 Å². The van der Waals surface area contributed by atoms with Gasteiger partial charge in [-0.15, -0.1) is 0 Å². The molecule has 0 fully saturated rings. The van der Waals surface area contributed by atoms with Gasteiger partial charge in [-0.2, -0.15) is 5.26 Å². The molecule has 0 aliphatic rings. The van der Waals surface area contributed by atoms with Crippen LogP contribution in [0.3, 0.4) is 0 Å². The molecule has 0 saturated carbocycles. The van der Waals surface area contributed by atoms with Gasteiger partial charge in [0.15, 0.2) is 5.69 Å². The molecule has 1 aromatic carbocycles. The van der Waals surface area contributed by atoms with Gasteiger partial charge < -0.3 is 25.1 Å². The van der Waals surface area contributed by atoms with Crippen molar-refractivity contribution in [1.29, 1.82) is 5.26 Å². The number of rotatable bonds is 8. The number of methoxy groups -OCH3 is 1. The molecule has 0 bridgehead atoms. The SMILES string of the molecule is CCOCCCNC(=O)c1ccccc1-n1cc(C#N)c(N)c1C(=O)OC. The molecule has 8 nitrogen and oxygen atoms in total. The van der Waals surface area contributed by atoms with Crippen molar-refractivity contribution in [3.8, 4) is 11.8 Å². The summed E-state index contributed by atoms with van der Waals surface area (Å²) in [5.41, 5.74) is 6.84. The normalized spacial score (nSPS) is 10.3. The standard InChI is InChI=1S/C19H22N4O4/c1-3-27-10-6-9-22-18(24)14-7-4-5-8-15(14)23-12-13(11-20)16(21)17(23)19(25)26-2/h4-5,7-8,12H,3,6,9-10,21H2,1-2H3,(H,22,24). The van der Waals surface area contributed by atoms with Gasteiger partial charge in [0.25, 0.3) is 5.91 Å². The maximum Gasteiger partial charge on any atom is 0.357 e. The van der Waals surface area contributed by atoms with Gasteiger partial charge in [-0.3, -0.25) is 4.79 Å². The zero-order valence-electron chi connectivity index (χ0n) is 15.3. The highest BCUT2D eigenvalue weighted by molar-refractivity contribution is 6.00. The number of carbonyl (C=O) groups excluding carboxylic acids is 2. The van der Waals surface area contributed by atoms with Crippen LogP contribution in [-0.4, -0.2) is 43.3 Å². The van der Waals surface area contributed by atoms with Gasteiger partial charge in [0.2, 0.25) is 0 Å². The summed E-state index contributed by atoms with van der Waals surface area (Å²) >= 11 is 0. The van der Waals surface area contributed by atoms with Crippen molar-refractivity contribution < 1.29 is 19.1 Å². The van der Waals surface area contributed by atoms with Crippen LogP contribution in [0.4, 0.5) is 5.69 Å². The molecule has 0 aliphatic carbocycles. The van der Waals surface area contributed by atoms with Crippen LogP contribution in [-0.2, 0) is 9.47 Å². The maximum atomic E-state index is 12.6. The van der Waals surface area contributed by atoms with E-state index in [1.165, 1.54) is 17.9 Å². The van der Waals surface area contributed by atoms with E-state index in [1.807, 2.05) is 13.0 Å². The van der Waals surface area contributed by atoms with E-state index in [9.17, 15) is 14.9 Å². The molecule has 0 atom stereocenters. The second-order valence-corrected chi connectivity index (χ2v) is 5.60. The van der Waals surface area contributed by atoms with E-state index in [-0.39, 0.29) is 22.9 Å². The number of anilines is 1. The maximum absolute atomic E-state index is 12.6. The highest BCUT2D eigenvalue weighted by Gasteiger charge is 2.24. The predicted molar refractivity (Wildman–Crippen MR) is 99.7 cm³/mol. The monoisotopic (exact) mass is 370 g/mol. The molecule has 142 valence electrons. The van der Waals surface area contributed by atoms with E-state index < -0.39 is 5.97 Å². The molecule has 2 rings (SSSR count). The lowest BCUT2D eigenvalue weighted by Gasteiger charge is -2.13. The summed E-state index contributed by atoms with van der Waals surface area (Å²) in [5.74, 6) is -0.996. The zero-order valence-corrected chi connectivity index (χ0v) is 15.3. The second kappa shape index (κ2) is 9.40. The first kappa shape index (κ1) is 20.0. The molecular weight excluding hydrogens is 348 g/mol. The number of nitrogen functional groups attached to an aromatic ring is 1. The number of aromatic nitrogens is 1. The Morgan fingerprint density at radius 1 is 1.33 bits per heavy atom. The Balaban J connectivity index is 2.37. The third-order valence-electron chi connectivity index (χ3n) is 3.91. The van der Waals surface area contributed by atoms with Crippen LogP contribution in [0.1, 0.15) is 39.8 Å². The highest BCUT2D eigenvalue weighted by atomic mass is 16.5. The van der Waals surface area contributed by atoms with Crippen molar-refractivity contribution in [3.05, 3.63) is 47.3 Å². The van der Waals surface area contributed by atoms with Gasteiger partial charge >= 0.3 is 5.97 Å². The molecule has 0 radical (unpaired) electrons. The Kier molecular flexibility index (Phi) is 6.97. The molecule has 1 aromatic heterocycles. The number of carbonyl (C=O) groups is 2. The number of hydrogen-bond acceptors (Lipinski definition) is 6. The quantitative estimate of drug-likeness (QED) is 0.541. The number of nitriles is 1. The van der Waals surface area contributed by atoms with E-state index >= 15 is 0 Å². The minimum Gasteiger partial charge on any atom is -0.464 e. The topological polar surface area (TPSA) is 119 Å². The Morgan fingerprint density at radius 2 is 2.07 bits per heavy atom. The summed E-state index contributed by atoms with van der Waals surface area (Å²) in [4.78, 5) is 24.8. The number of esters is 1. The van der Waals surface area contributed by atoms with Crippen LogP contribution < -0.4 is 11.1 Å². The minimum absolute atomic E-state index is 0.00523. The zero-order chi connectivity index (χ0) is 19.8. The number of nitrogens with zero attached hydrogens (tertiary/aromatic N) is 2. The summed E-state index contributed by atoms with van der Waals surface area (Å²) in [5, 5.41) is 12.1. The summed E-state index contributed by atoms with van der Waals surface area (Å²) in [7, 11) is 1.22. The molecule has 27 heavy (non-hydrogen) atoms. The molecular formula is C19H22N4O4. The average Bonchev–Trinajstić information content (AvgIpc) is 3.03. The van der Waals surface area contributed by atoms with E-state index in [0.29, 0.717) is 37.4 Å². The number of para-hydroxylation sites is 1. The van der Waals surface area contributed by atoms with Crippen LogP contribution in [0, 0.1) is 11.3 Å². The van der Waals surface area contributed by atoms with Crippen LogP contribution in [0.2, 0.25) is 0 Å².